The van der Waals surface area contributed by atoms with Crippen molar-refractivity contribution in [2.24, 2.45) is 5.92 Å². The Kier molecular flexibility index (Phi) is 4.49. The number of thiazole rings is 1. The molecule has 0 saturated carbocycles. The molecular formula is C11H16N2OS. The number of aromatic nitrogens is 1. The quantitative estimate of drug-likeness (QED) is 0.797. The molecule has 4 heteroatoms. The Morgan fingerprint density at radius 3 is 2.93 bits per heavy atom. The normalized spacial score (nSPS) is 11.2. The molecule has 0 atom stereocenters. The van der Waals surface area contributed by atoms with Crippen molar-refractivity contribution in [2.75, 3.05) is 6.54 Å². The Morgan fingerprint density at radius 2 is 2.40 bits per heavy atom. The van der Waals surface area contributed by atoms with Crippen LogP contribution < -0.4 is 5.32 Å². The number of rotatable bonds is 4. The van der Waals surface area contributed by atoms with E-state index in [1.165, 1.54) is 6.08 Å². The molecule has 0 radical (unpaired) electrons. The van der Waals surface area contributed by atoms with Gasteiger partial charge in [-0.2, -0.15) is 0 Å². The summed E-state index contributed by atoms with van der Waals surface area (Å²) < 4.78 is 0. The number of hydrogen-bond acceptors (Lipinski definition) is 3. The average molecular weight is 224 g/mol. The van der Waals surface area contributed by atoms with E-state index in [4.69, 9.17) is 0 Å². The van der Waals surface area contributed by atoms with E-state index < -0.39 is 0 Å². The first kappa shape index (κ1) is 11.9. The van der Waals surface area contributed by atoms with Gasteiger partial charge < -0.3 is 5.32 Å². The predicted molar refractivity (Wildman–Crippen MR) is 63.7 cm³/mol. The van der Waals surface area contributed by atoms with E-state index in [2.05, 4.69) is 24.1 Å². The van der Waals surface area contributed by atoms with E-state index in [-0.39, 0.29) is 5.91 Å². The van der Waals surface area contributed by atoms with Gasteiger partial charge in [-0.25, -0.2) is 4.98 Å². The molecule has 0 saturated heterocycles. The predicted octanol–water partition coefficient (Wildman–Crippen LogP) is 2.24. The molecule has 1 heterocycles. The standard InChI is InChI=1S/C11H16N2OS/c1-8(2)6-12-11(14)5-4-10-7-15-9(3)13-10/h4-5,7-8H,6H2,1-3H3,(H,12,14)/b5-4+. The third-order valence-corrected chi connectivity index (χ3v) is 2.52. The lowest BCUT2D eigenvalue weighted by molar-refractivity contribution is -0.116. The topological polar surface area (TPSA) is 42.0 Å². The number of carbonyl (C=O) groups is 1. The summed E-state index contributed by atoms with van der Waals surface area (Å²) in [6, 6.07) is 0. The fraction of sp³-hybridized carbons (Fsp3) is 0.455. The van der Waals surface area contributed by atoms with Crippen LogP contribution in [0.4, 0.5) is 0 Å². The van der Waals surface area contributed by atoms with Crippen molar-refractivity contribution in [2.45, 2.75) is 20.8 Å². The first-order valence-corrected chi connectivity index (χ1v) is 5.84. The first-order valence-electron chi connectivity index (χ1n) is 4.96. The number of nitrogens with zero attached hydrogens (tertiary/aromatic N) is 1. The second-order valence-corrected chi connectivity index (χ2v) is 4.83. The molecule has 1 rings (SSSR count). The van der Waals surface area contributed by atoms with E-state index in [9.17, 15) is 4.79 Å². The van der Waals surface area contributed by atoms with Crippen molar-refractivity contribution in [1.82, 2.24) is 10.3 Å². The summed E-state index contributed by atoms with van der Waals surface area (Å²) in [6.07, 6.45) is 3.26. The molecule has 0 spiro atoms. The second kappa shape index (κ2) is 5.66. The fourth-order valence-corrected chi connectivity index (χ4v) is 1.56. The molecule has 0 aliphatic heterocycles. The lowest BCUT2D eigenvalue weighted by Gasteiger charge is -2.03. The molecular weight excluding hydrogens is 208 g/mol. The Labute approximate surface area is 94.2 Å². The van der Waals surface area contributed by atoms with Gasteiger partial charge >= 0.3 is 0 Å². The SMILES string of the molecule is Cc1nc(/C=C/C(=O)NCC(C)C)cs1. The maximum Gasteiger partial charge on any atom is 0.244 e. The summed E-state index contributed by atoms with van der Waals surface area (Å²) in [7, 11) is 0. The van der Waals surface area contributed by atoms with Crippen molar-refractivity contribution in [3.05, 3.63) is 22.2 Å². The maximum atomic E-state index is 11.3. The van der Waals surface area contributed by atoms with Crippen LogP contribution in [0, 0.1) is 12.8 Å². The van der Waals surface area contributed by atoms with Crippen LogP contribution in [0.3, 0.4) is 0 Å². The third-order valence-electron chi connectivity index (χ3n) is 1.73. The summed E-state index contributed by atoms with van der Waals surface area (Å²) in [5.41, 5.74) is 0.845. The van der Waals surface area contributed by atoms with Gasteiger partial charge in [0.05, 0.1) is 10.7 Å². The number of nitrogens with one attached hydrogen (secondary N) is 1. The number of hydrogen-bond donors (Lipinski definition) is 1. The van der Waals surface area contributed by atoms with Crippen LogP contribution in [-0.4, -0.2) is 17.4 Å². The van der Waals surface area contributed by atoms with Gasteiger partial charge in [0, 0.05) is 18.0 Å². The summed E-state index contributed by atoms with van der Waals surface area (Å²) in [5.74, 6) is 0.415. The molecule has 1 N–H and O–H groups in total. The highest BCUT2D eigenvalue weighted by molar-refractivity contribution is 7.09. The van der Waals surface area contributed by atoms with Crippen LogP contribution in [0.2, 0.25) is 0 Å². The summed E-state index contributed by atoms with van der Waals surface area (Å²) >= 11 is 1.58. The summed E-state index contributed by atoms with van der Waals surface area (Å²) in [6.45, 7) is 6.78. The highest BCUT2D eigenvalue weighted by Crippen LogP contribution is 2.08. The Balaban J connectivity index is 2.40. The molecule has 0 unspecified atom stereocenters. The minimum atomic E-state index is -0.0608. The molecule has 82 valence electrons. The molecule has 0 fully saturated rings. The van der Waals surface area contributed by atoms with Crippen molar-refractivity contribution >= 4 is 23.3 Å². The van der Waals surface area contributed by atoms with Gasteiger partial charge in [-0.15, -0.1) is 11.3 Å². The number of amides is 1. The minimum absolute atomic E-state index is 0.0608. The molecule has 15 heavy (non-hydrogen) atoms. The molecule has 1 amide bonds. The van der Waals surface area contributed by atoms with Crippen LogP contribution in [-0.2, 0) is 4.79 Å². The molecule has 0 aromatic carbocycles. The monoisotopic (exact) mass is 224 g/mol. The van der Waals surface area contributed by atoms with E-state index in [1.54, 1.807) is 17.4 Å². The van der Waals surface area contributed by atoms with E-state index in [1.807, 2.05) is 12.3 Å². The van der Waals surface area contributed by atoms with Crippen molar-refractivity contribution in [3.63, 3.8) is 0 Å². The molecule has 0 bridgehead atoms. The van der Waals surface area contributed by atoms with Gasteiger partial charge in [-0.1, -0.05) is 13.8 Å². The van der Waals surface area contributed by atoms with E-state index >= 15 is 0 Å². The van der Waals surface area contributed by atoms with Crippen LogP contribution in [0.1, 0.15) is 24.5 Å². The van der Waals surface area contributed by atoms with Gasteiger partial charge in [0.25, 0.3) is 0 Å². The van der Waals surface area contributed by atoms with Crippen LogP contribution in [0.5, 0.6) is 0 Å². The fourth-order valence-electron chi connectivity index (χ4n) is 0.981. The highest BCUT2D eigenvalue weighted by atomic mass is 32.1. The Bertz CT molecular complexity index is 355. The molecule has 3 nitrogen and oxygen atoms in total. The lowest BCUT2D eigenvalue weighted by atomic mass is 10.2. The van der Waals surface area contributed by atoms with Gasteiger partial charge in [-0.3, -0.25) is 4.79 Å². The Morgan fingerprint density at radius 1 is 1.67 bits per heavy atom. The van der Waals surface area contributed by atoms with Crippen LogP contribution in [0.15, 0.2) is 11.5 Å². The average Bonchev–Trinajstić information content (AvgIpc) is 2.58. The highest BCUT2D eigenvalue weighted by Gasteiger charge is 1.98. The lowest BCUT2D eigenvalue weighted by Crippen LogP contribution is -2.25. The maximum absolute atomic E-state index is 11.3. The third kappa shape index (κ3) is 4.74. The van der Waals surface area contributed by atoms with Crippen molar-refractivity contribution in [1.29, 1.82) is 0 Å². The van der Waals surface area contributed by atoms with Gasteiger partial charge in [0.2, 0.25) is 5.91 Å². The van der Waals surface area contributed by atoms with Crippen LogP contribution in [0.25, 0.3) is 6.08 Å². The summed E-state index contributed by atoms with van der Waals surface area (Å²) in [5, 5.41) is 5.75. The molecule has 1 aromatic heterocycles. The largest absolute Gasteiger partial charge is 0.352 e. The minimum Gasteiger partial charge on any atom is -0.352 e. The van der Waals surface area contributed by atoms with Gasteiger partial charge in [0.15, 0.2) is 0 Å². The molecule has 0 aliphatic carbocycles. The zero-order valence-electron chi connectivity index (χ0n) is 9.28. The van der Waals surface area contributed by atoms with E-state index in [0.29, 0.717) is 12.5 Å². The van der Waals surface area contributed by atoms with Crippen molar-refractivity contribution in [3.8, 4) is 0 Å². The van der Waals surface area contributed by atoms with Crippen LogP contribution >= 0.6 is 11.3 Å². The first-order chi connectivity index (χ1) is 7.08. The molecule has 1 aromatic rings. The molecule has 0 aliphatic rings. The summed E-state index contributed by atoms with van der Waals surface area (Å²) in [4.78, 5) is 15.5. The Hall–Kier alpha value is -1.16. The number of carbonyl (C=O) groups excluding carboxylic acids is 1. The number of aryl methyl sites for hydroxylation is 1. The van der Waals surface area contributed by atoms with Crippen molar-refractivity contribution < 1.29 is 4.79 Å². The smallest absolute Gasteiger partial charge is 0.244 e. The van der Waals surface area contributed by atoms with Gasteiger partial charge in [0.1, 0.15) is 0 Å². The van der Waals surface area contributed by atoms with E-state index in [0.717, 1.165) is 10.7 Å². The van der Waals surface area contributed by atoms with Gasteiger partial charge in [-0.05, 0) is 18.9 Å². The second-order valence-electron chi connectivity index (χ2n) is 3.76. The zero-order chi connectivity index (χ0) is 11.3. The zero-order valence-corrected chi connectivity index (χ0v) is 10.1.